The zero-order chi connectivity index (χ0) is 19.5. The quantitative estimate of drug-likeness (QED) is 0.343. The van der Waals surface area contributed by atoms with Crippen LogP contribution >= 0.6 is 23.1 Å². The van der Waals surface area contributed by atoms with Crippen LogP contribution in [0.1, 0.15) is 6.92 Å². The molecule has 0 spiro atoms. The fourth-order valence-corrected chi connectivity index (χ4v) is 4.65. The third kappa shape index (κ3) is 3.90. The van der Waals surface area contributed by atoms with Crippen LogP contribution < -0.4 is 5.32 Å². The lowest BCUT2D eigenvalue weighted by molar-refractivity contribution is -0.115. The number of amides is 1. The molecule has 0 saturated heterocycles. The monoisotopic (exact) mass is 409 g/mol. The van der Waals surface area contributed by atoms with Crippen molar-refractivity contribution in [2.75, 3.05) is 5.32 Å². The second-order valence-corrected chi connectivity index (χ2v) is 8.46. The maximum absolute atomic E-state index is 13.8. The van der Waals surface area contributed by atoms with Crippen molar-refractivity contribution < 1.29 is 9.18 Å². The standard InChI is InChI=1S/C21H16FN3OS2/c1-13(19(26)25-17-10-6-5-9-16(17)22)27-20-15-11-18(14-7-3-2-4-8-14)28-21(15)24-12-23-20/h2-13H,1H3,(H,25,26). The van der Waals surface area contributed by atoms with Crippen LogP contribution in [0.3, 0.4) is 0 Å². The summed E-state index contributed by atoms with van der Waals surface area (Å²) < 4.78 is 13.8. The summed E-state index contributed by atoms with van der Waals surface area (Å²) in [5.41, 5.74) is 1.29. The first-order chi connectivity index (χ1) is 13.6. The second kappa shape index (κ2) is 8.08. The van der Waals surface area contributed by atoms with Crippen LogP contribution in [0, 0.1) is 5.82 Å². The number of carbonyl (C=O) groups is 1. The van der Waals surface area contributed by atoms with E-state index in [2.05, 4.69) is 33.5 Å². The Hall–Kier alpha value is -2.77. The van der Waals surface area contributed by atoms with Crippen LogP contribution in [-0.2, 0) is 4.79 Å². The normalized spacial score (nSPS) is 12.1. The molecule has 0 bridgehead atoms. The number of benzene rings is 2. The smallest absolute Gasteiger partial charge is 0.237 e. The largest absolute Gasteiger partial charge is 0.323 e. The van der Waals surface area contributed by atoms with Crippen molar-refractivity contribution in [1.82, 2.24) is 9.97 Å². The summed E-state index contributed by atoms with van der Waals surface area (Å²) in [6.07, 6.45) is 1.51. The average Bonchev–Trinajstić information content (AvgIpc) is 3.16. The minimum absolute atomic E-state index is 0.176. The SMILES string of the molecule is CC(Sc1ncnc2sc(-c3ccccc3)cc12)C(=O)Nc1ccccc1F. The Labute approximate surface area is 169 Å². The maximum Gasteiger partial charge on any atom is 0.237 e. The molecule has 0 fully saturated rings. The molecule has 28 heavy (non-hydrogen) atoms. The Balaban J connectivity index is 1.56. The molecule has 1 amide bonds. The van der Waals surface area contributed by atoms with E-state index in [1.165, 1.54) is 24.2 Å². The Bertz CT molecular complexity index is 1130. The number of fused-ring (bicyclic) bond motifs is 1. The van der Waals surface area contributed by atoms with Crippen LogP contribution in [0.4, 0.5) is 10.1 Å². The van der Waals surface area contributed by atoms with Crippen molar-refractivity contribution in [3.63, 3.8) is 0 Å². The topological polar surface area (TPSA) is 54.9 Å². The number of halogens is 1. The molecule has 7 heteroatoms. The van der Waals surface area contributed by atoms with Gasteiger partial charge in [-0.15, -0.1) is 11.3 Å². The average molecular weight is 410 g/mol. The number of nitrogens with one attached hydrogen (secondary N) is 1. The third-order valence-corrected chi connectivity index (χ3v) is 6.35. The lowest BCUT2D eigenvalue weighted by atomic mass is 10.2. The van der Waals surface area contributed by atoms with Gasteiger partial charge in [0.25, 0.3) is 0 Å². The van der Waals surface area contributed by atoms with Gasteiger partial charge in [0.2, 0.25) is 5.91 Å². The van der Waals surface area contributed by atoms with Gasteiger partial charge in [-0.1, -0.05) is 54.2 Å². The first kappa shape index (κ1) is 18.6. The summed E-state index contributed by atoms with van der Waals surface area (Å²) in [5.74, 6) is -0.733. The number of nitrogens with zero attached hydrogens (tertiary/aromatic N) is 2. The molecule has 140 valence electrons. The van der Waals surface area contributed by atoms with E-state index in [0.717, 1.165) is 25.7 Å². The molecule has 1 atom stereocenters. The van der Waals surface area contributed by atoms with Crippen molar-refractivity contribution in [1.29, 1.82) is 0 Å². The number of aromatic nitrogens is 2. The maximum atomic E-state index is 13.8. The van der Waals surface area contributed by atoms with E-state index in [4.69, 9.17) is 0 Å². The van der Waals surface area contributed by atoms with E-state index < -0.39 is 11.1 Å². The molecule has 4 nitrogen and oxygen atoms in total. The molecule has 1 N–H and O–H groups in total. The predicted octanol–water partition coefficient (Wildman–Crippen LogP) is 5.62. The molecule has 2 heterocycles. The van der Waals surface area contributed by atoms with Crippen LogP contribution in [0.15, 0.2) is 72.0 Å². The highest BCUT2D eigenvalue weighted by Gasteiger charge is 2.19. The Morgan fingerprint density at radius 3 is 2.64 bits per heavy atom. The fraction of sp³-hybridized carbons (Fsp3) is 0.0952. The number of thiophene rings is 1. The zero-order valence-corrected chi connectivity index (χ0v) is 16.6. The van der Waals surface area contributed by atoms with Gasteiger partial charge in [0.1, 0.15) is 22.0 Å². The van der Waals surface area contributed by atoms with Crippen LogP contribution in [-0.4, -0.2) is 21.1 Å². The van der Waals surface area contributed by atoms with Gasteiger partial charge >= 0.3 is 0 Å². The minimum atomic E-state index is -0.456. The number of para-hydroxylation sites is 1. The third-order valence-electron chi connectivity index (χ3n) is 4.14. The highest BCUT2D eigenvalue weighted by Crippen LogP contribution is 2.37. The Morgan fingerprint density at radius 1 is 1.11 bits per heavy atom. The van der Waals surface area contributed by atoms with Gasteiger partial charge in [0.05, 0.1) is 10.9 Å². The van der Waals surface area contributed by atoms with Crippen molar-refractivity contribution in [3.8, 4) is 10.4 Å². The van der Waals surface area contributed by atoms with E-state index in [-0.39, 0.29) is 11.6 Å². The van der Waals surface area contributed by atoms with Crippen LogP contribution in [0.25, 0.3) is 20.7 Å². The van der Waals surface area contributed by atoms with E-state index in [9.17, 15) is 9.18 Å². The summed E-state index contributed by atoms with van der Waals surface area (Å²) in [5, 5.41) is 3.84. The molecule has 2 aromatic carbocycles. The second-order valence-electron chi connectivity index (χ2n) is 6.10. The summed E-state index contributed by atoms with van der Waals surface area (Å²) >= 11 is 2.93. The summed E-state index contributed by atoms with van der Waals surface area (Å²) in [6, 6.07) is 18.3. The number of hydrogen-bond acceptors (Lipinski definition) is 5. The summed E-state index contributed by atoms with van der Waals surface area (Å²) in [6.45, 7) is 1.78. The van der Waals surface area contributed by atoms with Crippen molar-refractivity contribution in [2.24, 2.45) is 0 Å². The molecule has 4 rings (SSSR count). The van der Waals surface area contributed by atoms with Gasteiger partial charge in [0, 0.05) is 10.3 Å². The van der Waals surface area contributed by atoms with Crippen molar-refractivity contribution in [2.45, 2.75) is 17.2 Å². The van der Waals surface area contributed by atoms with Gasteiger partial charge in [-0.25, -0.2) is 14.4 Å². The first-order valence-electron chi connectivity index (χ1n) is 8.64. The number of anilines is 1. The number of rotatable bonds is 5. The summed E-state index contributed by atoms with van der Waals surface area (Å²) in [4.78, 5) is 23.2. The van der Waals surface area contributed by atoms with Crippen molar-refractivity contribution >= 4 is 44.9 Å². The highest BCUT2D eigenvalue weighted by atomic mass is 32.2. The van der Waals surface area contributed by atoms with E-state index >= 15 is 0 Å². The van der Waals surface area contributed by atoms with Crippen LogP contribution in [0.2, 0.25) is 0 Å². The highest BCUT2D eigenvalue weighted by molar-refractivity contribution is 8.00. The molecular formula is C21H16FN3OS2. The molecule has 0 aliphatic carbocycles. The minimum Gasteiger partial charge on any atom is -0.323 e. The molecule has 0 aliphatic rings. The molecule has 2 aromatic heterocycles. The number of hydrogen-bond donors (Lipinski definition) is 1. The Kier molecular flexibility index (Phi) is 5.36. The van der Waals surface area contributed by atoms with Gasteiger partial charge < -0.3 is 5.32 Å². The number of carbonyl (C=O) groups excluding carboxylic acids is 1. The van der Waals surface area contributed by atoms with E-state index in [1.807, 2.05) is 18.2 Å². The molecule has 0 saturated carbocycles. The molecule has 0 aliphatic heterocycles. The van der Waals surface area contributed by atoms with Gasteiger partial charge in [-0.05, 0) is 30.7 Å². The van der Waals surface area contributed by atoms with Crippen molar-refractivity contribution in [3.05, 3.63) is 72.8 Å². The fourth-order valence-electron chi connectivity index (χ4n) is 2.69. The molecule has 0 radical (unpaired) electrons. The number of thioether (sulfide) groups is 1. The molecular weight excluding hydrogens is 393 g/mol. The Morgan fingerprint density at radius 2 is 1.86 bits per heavy atom. The van der Waals surface area contributed by atoms with Gasteiger partial charge in [0.15, 0.2) is 0 Å². The first-order valence-corrected chi connectivity index (χ1v) is 10.3. The summed E-state index contributed by atoms with van der Waals surface area (Å²) in [7, 11) is 0. The lowest BCUT2D eigenvalue weighted by Crippen LogP contribution is -2.23. The van der Waals surface area contributed by atoms with E-state index in [0.29, 0.717) is 0 Å². The van der Waals surface area contributed by atoms with E-state index in [1.54, 1.807) is 36.5 Å². The van der Waals surface area contributed by atoms with Gasteiger partial charge in [-0.2, -0.15) is 0 Å². The predicted molar refractivity (Wildman–Crippen MR) is 113 cm³/mol. The molecule has 1 unspecified atom stereocenters. The zero-order valence-electron chi connectivity index (χ0n) is 14.9. The van der Waals surface area contributed by atoms with Gasteiger partial charge in [-0.3, -0.25) is 4.79 Å². The van der Waals surface area contributed by atoms with Crippen LogP contribution in [0.5, 0.6) is 0 Å². The molecule has 4 aromatic rings. The lowest BCUT2D eigenvalue weighted by Gasteiger charge is -2.12.